The smallest absolute Gasteiger partial charge is 0.237 e. The molecular weight excluding hydrogens is 376 g/mol. The molecule has 1 aliphatic heterocycles. The van der Waals surface area contributed by atoms with Gasteiger partial charge in [-0.2, -0.15) is 4.98 Å². The van der Waals surface area contributed by atoms with Gasteiger partial charge in [-0.05, 0) is 73.4 Å². The normalized spacial score (nSPS) is 21.9. The highest BCUT2D eigenvalue weighted by Gasteiger charge is 2.51. The first-order chi connectivity index (χ1) is 14.7. The number of nitrogens with two attached hydrogens (primary N) is 1. The van der Waals surface area contributed by atoms with Crippen LogP contribution in [0.5, 0.6) is 0 Å². The highest BCUT2D eigenvalue weighted by molar-refractivity contribution is 5.82. The fourth-order valence-corrected chi connectivity index (χ4v) is 4.55. The second-order valence-corrected chi connectivity index (χ2v) is 8.76. The molecule has 2 fully saturated rings. The van der Waals surface area contributed by atoms with Crippen molar-refractivity contribution in [3.8, 4) is 11.1 Å². The van der Waals surface area contributed by atoms with Crippen LogP contribution in [0.25, 0.3) is 11.1 Å². The average molecular weight is 400 g/mol. The van der Waals surface area contributed by atoms with Crippen molar-refractivity contribution in [1.29, 1.82) is 5.41 Å². The maximum atomic E-state index is 7.68. The Kier molecular flexibility index (Phi) is 3.83. The summed E-state index contributed by atoms with van der Waals surface area (Å²) < 4.78 is 5.67. The van der Waals surface area contributed by atoms with Gasteiger partial charge in [0, 0.05) is 29.6 Å². The highest BCUT2D eigenvalue weighted by Crippen LogP contribution is 2.53. The molecule has 7 nitrogen and oxygen atoms in total. The molecule has 2 aliphatic carbocycles. The van der Waals surface area contributed by atoms with Crippen LogP contribution in [0.1, 0.15) is 60.9 Å². The molecule has 1 unspecified atom stereocenters. The average Bonchev–Trinajstić information content (AvgIpc) is 3.72. The topological polar surface area (TPSA) is 105 Å². The summed E-state index contributed by atoms with van der Waals surface area (Å²) in [6.07, 6.45) is 11.2. The summed E-state index contributed by atoms with van der Waals surface area (Å²) >= 11 is 0. The molecule has 152 valence electrons. The fourth-order valence-electron chi connectivity index (χ4n) is 4.55. The Balaban J connectivity index is 1.34. The van der Waals surface area contributed by atoms with Gasteiger partial charge in [-0.3, -0.25) is 10.4 Å². The van der Waals surface area contributed by atoms with Gasteiger partial charge in [0.15, 0.2) is 5.82 Å². The van der Waals surface area contributed by atoms with E-state index in [1.54, 1.807) is 0 Å². The number of rotatable bonds is 5. The molecule has 3 aliphatic rings. The maximum Gasteiger partial charge on any atom is 0.237 e. The summed E-state index contributed by atoms with van der Waals surface area (Å²) in [5.41, 5.74) is 11.6. The third-order valence-electron chi connectivity index (χ3n) is 6.73. The van der Waals surface area contributed by atoms with Crippen molar-refractivity contribution in [3.05, 3.63) is 59.5 Å². The van der Waals surface area contributed by atoms with E-state index in [2.05, 4.69) is 34.4 Å². The SMILES string of the molecule is N=CN1c2ccc(-c3cncc(C4(c5nc(C6CC6)no5)CC4)c3)cc2CCC1N. The number of nitrogens with one attached hydrogen (secondary N) is 1. The molecule has 0 radical (unpaired) electrons. The van der Waals surface area contributed by atoms with Crippen molar-refractivity contribution < 1.29 is 4.52 Å². The fraction of sp³-hybridized carbons (Fsp3) is 0.391. The van der Waals surface area contributed by atoms with Gasteiger partial charge in [0.1, 0.15) is 0 Å². The van der Waals surface area contributed by atoms with Crippen molar-refractivity contribution in [2.75, 3.05) is 4.90 Å². The lowest BCUT2D eigenvalue weighted by Gasteiger charge is -2.33. The maximum absolute atomic E-state index is 7.68. The molecule has 0 spiro atoms. The summed E-state index contributed by atoms with van der Waals surface area (Å²) in [6.45, 7) is 0. The number of benzene rings is 1. The zero-order valence-corrected chi connectivity index (χ0v) is 16.7. The van der Waals surface area contributed by atoms with Gasteiger partial charge in [-0.1, -0.05) is 11.2 Å². The Morgan fingerprint density at radius 1 is 1.13 bits per heavy atom. The Morgan fingerprint density at radius 2 is 2.00 bits per heavy atom. The van der Waals surface area contributed by atoms with E-state index in [1.165, 1.54) is 24.7 Å². The minimum Gasteiger partial charge on any atom is -0.338 e. The standard InChI is InChI=1S/C23H24N6O/c24-13-29-19-5-3-15(9-16(19)4-6-20(29)25)17-10-18(12-26-11-17)23(7-8-23)22-27-21(28-30-22)14-1-2-14/h3,5,9-14,20,24H,1-2,4,6-8,25H2. The Hall–Kier alpha value is -3.06. The van der Waals surface area contributed by atoms with Crippen LogP contribution in [-0.2, 0) is 11.8 Å². The van der Waals surface area contributed by atoms with E-state index in [1.807, 2.05) is 17.3 Å². The van der Waals surface area contributed by atoms with Crippen molar-refractivity contribution in [3.63, 3.8) is 0 Å². The summed E-state index contributed by atoms with van der Waals surface area (Å²) in [7, 11) is 0. The van der Waals surface area contributed by atoms with Crippen LogP contribution in [-0.4, -0.2) is 27.6 Å². The zero-order chi connectivity index (χ0) is 20.3. The molecule has 2 aromatic heterocycles. The first-order valence-corrected chi connectivity index (χ1v) is 10.7. The van der Waals surface area contributed by atoms with Crippen LogP contribution in [0.15, 0.2) is 41.2 Å². The van der Waals surface area contributed by atoms with E-state index in [4.69, 9.17) is 20.7 Å². The minimum absolute atomic E-state index is 0.129. The van der Waals surface area contributed by atoms with Crippen LogP contribution in [0.3, 0.4) is 0 Å². The molecule has 1 aromatic carbocycles. The van der Waals surface area contributed by atoms with Crippen molar-refractivity contribution in [2.45, 2.75) is 56.0 Å². The third-order valence-corrected chi connectivity index (χ3v) is 6.73. The summed E-state index contributed by atoms with van der Waals surface area (Å²) in [6, 6.07) is 8.57. The first kappa shape index (κ1) is 17.8. The molecule has 3 heterocycles. The third kappa shape index (κ3) is 2.76. The van der Waals surface area contributed by atoms with Gasteiger partial charge in [0.25, 0.3) is 0 Å². The summed E-state index contributed by atoms with van der Waals surface area (Å²) in [5, 5.41) is 11.9. The first-order valence-electron chi connectivity index (χ1n) is 10.7. The van der Waals surface area contributed by atoms with E-state index < -0.39 is 0 Å². The van der Waals surface area contributed by atoms with E-state index in [0.29, 0.717) is 5.92 Å². The molecule has 0 amide bonds. The molecule has 7 heteroatoms. The van der Waals surface area contributed by atoms with E-state index in [0.717, 1.165) is 59.8 Å². The lowest BCUT2D eigenvalue weighted by atomic mass is 9.92. The number of fused-ring (bicyclic) bond motifs is 1. The molecule has 0 saturated heterocycles. The molecule has 3 aromatic rings. The number of anilines is 1. The zero-order valence-electron chi connectivity index (χ0n) is 16.7. The minimum atomic E-state index is -0.179. The van der Waals surface area contributed by atoms with Gasteiger partial charge < -0.3 is 15.2 Å². The van der Waals surface area contributed by atoms with Crippen LogP contribution < -0.4 is 10.6 Å². The van der Waals surface area contributed by atoms with Gasteiger partial charge in [0.05, 0.1) is 17.9 Å². The van der Waals surface area contributed by atoms with Gasteiger partial charge in [-0.25, -0.2) is 0 Å². The van der Waals surface area contributed by atoms with Gasteiger partial charge in [0.2, 0.25) is 5.89 Å². The number of nitrogens with zero attached hydrogens (tertiary/aromatic N) is 4. The molecule has 0 bridgehead atoms. The number of aryl methyl sites for hydroxylation is 1. The molecular formula is C23H24N6O. The Morgan fingerprint density at radius 3 is 2.77 bits per heavy atom. The van der Waals surface area contributed by atoms with Crippen LogP contribution in [0.2, 0.25) is 0 Å². The lowest BCUT2D eigenvalue weighted by Crippen LogP contribution is -2.44. The van der Waals surface area contributed by atoms with E-state index in [9.17, 15) is 0 Å². The predicted molar refractivity (Wildman–Crippen MR) is 114 cm³/mol. The van der Waals surface area contributed by atoms with Crippen LogP contribution in [0, 0.1) is 5.41 Å². The lowest BCUT2D eigenvalue weighted by molar-refractivity contribution is 0.355. The molecule has 2 saturated carbocycles. The molecule has 30 heavy (non-hydrogen) atoms. The number of hydrogen-bond acceptors (Lipinski definition) is 6. The number of aromatic nitrogens is 3. The van der Waals surface area contributed by atoms with Crippen LogP contribution in [0.4, 0.5) is 5.69 Å². The van der Waals surface area contributed by atoms with Crippen LogP contribution >= 0.6 is 0 Å². The second kappa shape index (κ2) is 6.47. The predicted octanol–water partition coefficient (Wildman–Crippen LogP) is 3.73. The van der Waals surface area contributed by atoms with E-state index >= 15 is 0 Å². The highest BCUT2D eigenvalue weighted by atomic mass is 16.5. The largest absolute Gasteiger partial charge is 0.338 e. The number of hydrogen-bond donors (Lipinski definition) is 2. The van der Waals surface area contributed by atoms with Gasteiger partial charge >= 0.3 is 0 Å². The quantitative estimate of drug-likeness (QED) is 0.499. The van der Waals surface area contributed by atoms with Gasteiger partial charge in [-0.15, -0.1) is 0 Å². The monoisotopic (exact) mass is 400 g/mol. The van der Waals surface area contributed by atoms with Crippen molar-refractivity contribution in [2.24, 2.45) is 5.73 Å². The molecule has 6 rings (SSSR count). The summed E-state index contributed by atoms with van der Waals surface area (Å²) in [4.78, 5) is 11.1. The van der Waals surface area contributed by atoms with Crippen molar-refractivity contribution >= 4 is 12.0 Å². The Labute approximate surface area is 174 Å². The molecule has 1 atom stereocenters. The second-order valence-electron chi connectivity index (χ2n) is 8.76. The van der Waals surface area contributed by atoms with E-state index in [-0.39, 0.29) is 11.6 Å². The number of pyridine rings is 1. The van der Waals surface area contributed by atoms with Crippen molar-refractivity contribution in [1.82, 2.24) is 15.1 Å². The molecule has 3 N–H and O–H groups in total. The Bertz CT molecular complexity index is 1130. The summed E-state index contributed by atoms with van der Waals surface area (Å²) in [5.74, 6) is 2.10.